The normalized spacial score (nSPS) is 11.5. The minimum Gasteiger partial charge on any atom is -0.478 e. The fourth-order valence-electron chi connectivity index (χ4n) is 4.44. The lowest BCUT2D eigenvalue weighted by atomic mass is 10.1. The van der Waals surface area contributed by atoms with Gasteiger partial charge in [-0.25, -0.2) is 4.79 Å². The summed E-state index contributed by atoms with van der Waals surface area (Å²) in [7, 11) is 0. The van der Waals surface area contributed by atoms with Gasteiger partial charge >= 0.3 is 5.97 Å². The molecule has 0 spiro atoms. The Morgan fingerprint density at radius 1 is 1.00 bits per heavy atom. The van der Waals surface area contributed by atoms with E-state index in [1.165, 1.54) is 11.1 Å². The van der Waals surface area contributed by atoms with E-state index in [9.17, 15) is 9.90 Å². The second-order valence-corrected chi connectivity index (χ2v) is 9.08. The van der Waals surface area contributed by atoms with Crippen molar-refractivity contribution in [3.05, 3.63) is 88.2 Å². The Labute approximate surface area is 198 Å². The zero-order chi connectivity index (χ0) is 24.0. The lowest BCUT2D eigenvalue weighted by Crippen LogP contribution is -2.33. The molecule has 5 heteroatoms. The Bertz CT molecular complexity index is 1050. The summed E-state index contributed by atoms with van der Waals surface area (Å²) in [6.45, 7) is 13.7. The van der Waals surface area contributed by atoms with Crippen molar-refractivity contribution in [2.75, 3.05) is 13.1 Å². The standard InChI is InChI=1S/C28H37N3O2/c1-20(2)30(19-24-10-7-6-8-11-24)17-9-16-29-18-26-22(4)31(23(5)27(26)28(32)33)25-14-12-21(3)13-15-25/h6-8,10-15,20,29H,9,16-19H2,1-5H3,(H,32,33). The Balaban J connectivity index is 1.64. The second kappa shape index (κ2) is 11.3. The van der Waals surface area contributed by atoms with Gasteiger partial charge in [0.05, 0.1) is 5.56 Å². The Kier molecular flexibility index (Phi) is 8.48. The molecule has 0 saturated carbocycles. The molecule has 0 radical (unpaired) electrons. The van der Waals surface area contributed by atoms with Crippen LogP contribution in [0, 0.1) is 20.8 Å². The molecule has 0 amide bonds. The van der Waals surface area contributed by atoms with E-state index in [1.54, 1.807) is 0 Å². The molecule has 2 N–H and O–H groups in total. The van der Waals surface area contributed by atoms with Gasteiger partial charge in [0, 0.05) is 41.8 Å². The van der Waals surface area contributed by atoms with Crippen molar-refractivity contribution >= 4 is 5.97 Å². The number of nitrogens with zero attached hydrogens (tertiary/aromatic N) is 2. The van der Waals surface area contributed by atoms with Crippen LogP contribution in [0.25, 0.3) is 5.69 Å². The van der Waals surface area contributed by atoms with Crippen LogP contribution in [0.3, 0.4) is 0 Å². The summed E-state index contributed by atoms with van der Waals surface area (Å²) in [6, 6.07) is 19.2. The van der Waals surface area contributed by atoms with Gasteiger partial charge in [-0.05, 0) is 71.8 Å². The van der Waals surface area contributed by atoms with Gasteiger partial charge < -0.3 is 15.0 Å². The minimum absolute atomic E-state index is 0.411. The highest BCUT2D eigenvalue weighted by molar-refractivity contribution is 5.91. The van der Waals surface area contributed by atoms with Crippen LogP contribution >= 0.6 is 0 Å². The van der Waals surface area contributed by atoms with Crippen molar-refractivity contribution in [2.24, 2.45) is 0 Å². The van der Waals surface area contributed by atoms with E-state index in [2.05, 4.69) is 72.0 Å². The molecular weight excluding hydrogens is 410 g/mol. The minimum atomic E-state index is -0.868. The number of nitrogens with one attached hydrogen (secondary N) is 1. The molecule has 0 saturated heterocycles. The molecule has 33 heavy (non-hydrogen) atoms. The van der Waals surface area contributed by atoms with E-state index in [1.807, 2.05) is 32.0 Å². The summed E-state index contributed by atoms with van der Waals surface area (Å²) in [6.07, 6.45) is 1.00. The molecule has 0 fully saturated rings. The highest BCUT2D eigenvalue weighted by Gasteiger charge is 2.23. The zero-order valence-corrected chi connectivity index (χ0v) is 20.6. The number of aromatic nitrogens is 1. The molecule has 0 aliphatic heterocycles. The number of aromatic carboxylic acids is 1. The molecule has 0 atom stereocenters. The molecule has 1 heterocycles. The van der Waals surface area contributed by atoms with E-state index in [0.29, 0.717) is 18.2 Å². The molecule has 0 unspecified atom stereocenters. The highest BCUT2D eigenvalue weighted by atomic mass is 16.4. The maximum atomic E-state index is 12.1. The summed E-state index contributed by atoms with van der Waals surface area (Å²) in [5.74, 6) is -0.868. The van der Waals surface area contributed by atoms with Crippen molar-refractivity contribution in [3.63, 3.8) is 0 Å². The highest BCUT2D eigenvalue weighted by Crippen LogP contribution is 2.26. The Morgan fingerprint density at radius 3 is 2.27 bits per heavy atom. The molecule has 5 nitrogen and oxygen atoms in total. The second-order valence-electron chi connectivity index (χ2n) is 9.08. The van der Waals surface area contributed by atoms with Crippen LogP contribution in [0.2, 0.25) is 0 Å². The third kappa shape index (κ3) is 6.12. The van der Waals surface area contributed by atoms with Crippen LogP contribution in [0.5, 0.6) is 0 Å². The van der Waals surface area contributed by atoms with E-state index in [4.69, 9.17) is 0 Å². The smallest absolute Gasteiger partial charge is 0.337 e. The average molecular weight is 448 g/mol. The Hall–Kier alpha value is -2.89. The van der Waals surface area contributed by atoms with Crippen molar-refractivity contribution in [2.45, 2.75) is 60.2 Å². The number of carbonyl (C=O) groups is 1. The van der Waals surface area contributed by atoms with Crippen LogP contribution in [-0.4, -0.2) is 39.7 Å². The zero-order valence-electron chi connectivity index (χ0n) is 20.6. The van der Waals surface area contributed by atoms with Crippen molar-refractivity contribution in [1.82, 2.24) is 14.8 Å². The lowest BCUT2D eigenvalue weighted by molar-refractivity contribution is 0.0695. The largest absolute Gasteiger partial charge is 0.478 e. The number of hydrogen-bond acceptors (Lipinski definition) is 3. The van der Waals surface area contributed by atoms with E-state index >= 15 is 0 Å². The van der Waals surface area contributed by atoms with Crippen molar-refractivity contribution < 1.29 is 9.90 Å². The van der Waals surface area contributed by atoms with Gasteiger partial charge in [0.25, 0.3) is 0 Å². The maximum Gasteiger partial charge on any atom is 0.337 e. The number of aryl methyl sites for hydroxylation is 1. The topological polar surface area (TPSA) is 57.5 Å². The first-order valence-electron chi connectivity index (χ1n) is 11.8. The van der Waals surface area contributed by atoms with Gasteiger partial charge in [0.1, 0.15) is 0 Å². The molecular formula is C28H37N3O2. The average Bonchev–Trinajstić information content (AvgIpc) is 3.03. The molecule has 1 aromatic heterocycles. The van der Waals surface area contributed by atoms with Crippen LogP contribution in [0.15, 0.2) is 54.6 Å². The van der Waals surface area contributed by atoms with E-state index < -0.39 is 5.97 Å². The molecule has 0 bridgehead atoms. The van der Waals surface area contributed by atoms with Crippen LogP contribution in [-0.2, 0) is 13.1 Å². The van der Waals surface area contributed by atoms with Gasteiger partial charge in [0.2, 0.25) is 0 Å². The molecule has 176 valence electrons. The summed E-state index contributed by atoms with van der Waals surface area (Å²) in [5, 5.41) is 13.4. The molecule has 3 rings (SSSR count). The maximum absolute atomic E-state index is 12.1. The van der Waals surface area contributed by atoms with Crippen molar-refractivity contribution in [3.8, 4) is 5.69 Å². The van der Waals surface area contributed by atoms with Gasteiger partial charge in [-0.3, -0.25) is 4.90 Å². The van der Waals surface area contributed by atoms with E-state index in [0.717, 1.165) is 48.7 Å². The van der Waals surface area contributed by atoms with Gasteiger partial charge in [0.15, 0.2) is 0 Å². The third-order valence-corrected chi connectivity index (χ3v) is 6.34. The number of rotatable bonds is 11. The predicted molar refractivity (Wildman–Crippen MR) is 135 cm³/mol. The summed E-state index contributed by atoms with van der Waals surface area (Å²) in [4.78, 5) is 14.5. The first-order chi connectivity index (χ1) is 15.8. The number of hydrogen-bond donors (Lipinski definition) is 2. The van der Waals surface area contributed by atoms with E-state index in [-0.39, 0.29) is 0 Å². The summed E-state index contributed by atoms with van der Waals surface area (Å²) in [5.41, 5.74) is 6.54. The van der Waals surface area contributed by atoms with Crippen LogP contribution in [0.4, 0.5) is 0 Å². The first-order valence-corrected chi connectivity index (χ1v) is 11.8. The number of carboxylic acid groups (broad SMARTS) is 1. The monoisotopic (exact) mass is 447 g/mol. The molecule has 3 aromatic rings. The molecule has 0 aliphatic carbocycles. The third-order valence-electron chi connectivity index (χ3n) is 6.34. The quantitative estimate of drug-likeness (QED) is 0.382. The molecule has 2 aromatic carbocycles. The van der Waals surface area contributed by atoms with Crippen LogP contribution in [0.1, 0.15) is 58.7 Å². The lowest BCUT2D eigenvalue weighted by Gasteiger charge is -2.26. The fraction of sp³-hybridized carbons (Fsp3) is 0.393. The fourth-order valence-corrected chi connectivity index (χ4v) is 4.44. The van der Waals surface area contributed by atoms with Crippen molar-refractivity contribution in [1.29, 1.82) is 0 Å². The summed E-state index contributed by atoms with van der Waals surface area (Å²) >= 11 is 0. The molecule has 0 aliphatic rings. The van der Waals surface area contributed by atoms with Gasteiger partial charge in [-0.2, -0.15) is 0 Å². The Morgan fingerprint density at radius 2 is 1.67 bits per heavy atom. The van der Waals surface area contributed by atoms with Gasteiger partial charge in [-0.15, -0.1) is 0 Å². The predicted octanol–water partition coefficient (Wildman–Crippen LogP) is 5.49. The number of benzene rings is 2. The number of carboxylic acids is 1. The van der Waals surface area contributed by atoms with Gasteiger partial charge in [-0.1, -0.05) is 48.0 Å². The first kappa shape index (κ1) is 24.7. The SMILES string of the molecule is Cc1ccc(-n2c(C)c(CNCCCN(Cc3ccccc3)C(C)C)c(C(=O)O)c2C)cc1. The summed E-state index contributed by atoms with van der Waals surface area (Å²) < 4.78 is 2.06. The van der Waals surface area contributed by atoms with Crippen LogP contribution < -0.4 is 5.32 Å².